The fourth-order valence-corrected chi connectivity index (χ4v) is 2.71. The van der Waals surface area contributed by atoms with Crippen LogP contribution in [0, 0.1) is 5.41 Å². The monoisotopic (exact) mass is 427 g/mol. The molecule has 0 saturated carbocycles. The van der Waals surface area contributed by atoms with Gasteiger partial charge in [-0.05, 0) is 36.8 Å². The van der Waals surface area contributed by atoms with E-state index >= 15 is 0 Å². The Labute approximate surface area is 179 Å². The van der Waals surface area contributed by atoms with Crippen molar-refractivity contribution in [3.63, 3.8) is 0 Å². The van der Waals surface area contributed by atoms with Gasteiger partial charge in [0.1, 0.15) is 5.84 Å². The lowest BCUT2D eigenvalue weighted by Gasteiger charge is -2.17. The van der Waals surface area contributed by atoms with Crippen molar-refractivity contribution in [2.75, 3.05) is 11.9 Å². The highest BCUT2D eigenvalue weighted by molar-refractivity contribution is 5.96. The number of rotatable bonds is 11. The van der Waals surface area contributed by atoms with Crippen molar-refractivity contribution in [2.45, 2.75) is 32.2 Å². The van der Waals surface area contributed by atoms with Gasteiger partial charge < -0.3 is 26.2 Å². The maximum absolute atomic E-state index is 12.3. The Morgan fingerprint density at radius 1 is 1.13 bits per heavy atom. The summed E-state index contributed by atoms with van der Waals surface area (Å²) in [6.45, 7) is 2.27. The van der Waals surface area contributed by atoms with Gasteiger partial charge in [-0.25, -0.2) is 4.98 Å². The molecule has 1 aromatic heterocycles. The number of nitrogens with one attached hydrogen (secondary N) is 3. The molecular weight excluding hydrogens is 402 g/mol. The standard InChI is InChI=1S/C21H25N5O5/c1-2-31-19-10-5-14(12-24-19)16(11-20(29)30)26-18(28)9-8-17(27)25-15-6-3-13(4-7-15)21(22)23/h3-7,10,12,16H,2,8-9,11H2,1H3,(H3,22,23)(H,25,27)(H,26,28)(H,29,30). The maximum atomic E-state index is 12.3. The number of aromatic nitrogens is 1. The number of pyridine rings is 1. The molecule has 0 spiro atoms. The Morgan fingerprint density at radius 2 is 1.81 bits per heavy atom. The summed E-state index contributed by atoms with van der Waals surface area (Å²) in [4.78, 5) is 39.7. The number of hydrogen-bond acceptors (Lipinski definition) is 6. The van der Waals surface area contributed by atoms with Gasteiger partial charge in [0.2, 0.25) is 17.7 Å². The Balaban J connectivity index is 1.90. The highest BCUT2D eigenvalue weighted by atomic mass is 16.5. The highest BCUT2D eigenvalue weighted by Gasteiger charge is 2.19. The first kappa shape index (κ1) is 23.3. The summed E-state index contributed by atoms with van der Waals surface area (Å²) in [7, 11) is 0. The number of carboxylic acid groups (broad SMARTS) is 1. The number of carbonyl (C=O) groups is 3. The predicted octanol–water partition coefficient (Wildman–Crippen LogP) is 1.82. The fraction of sp³-hybridized carbons (Fsp3) is 0.286. The van der Waals surface area contributed by atoms with Crippen molar-refractivity contribution in [3.05, 3.63) is 53.7 Å². The third kappa shape index (κ3) is 7.77. The summed E-state index contributed by atoms with van der Waals surface area (Å²) >= 11 is 0. The van der Waals surface area contributed by atoms with Gasteiger partial charge in [-0.15, -0.1) is 0 Å². The third-order valence-corrected chi connectivity index (χ3v) is 4.23. The van der Waals surface area contributed by atoms with Crippen LogP contribution in [0.4, 0.5) is 5.69 Å². The molecule has 0 aliphatic heterocycles. The van der Waals surface area contributed by atoms with Crippen molar-refractivity contribution in [1.82, 2.24) is 10.3 Å². The van der Waals surface area contributed by atoms with Crippen molar-refractivity contribution < 1.29 is 24.2 Å². The molecule has 2 amide bonds. The lowest BCUT2D eigenvalue weighted by Crippen LogP contribution is -2.31. The fourth-order valence-electron chi connectivity index (χ4n) is 2.71. The second kappa shape index (κ2) is 11.3. The first-order valence-corrected chi connectivity index (χ1v) is 9.62. The molecule has 0 aliphatic carbocycles. The average molecular weight is 427 g/mol. The van der Waals surface area contributed by atoms with E-state index in [1.165, 1.54) is 6.20 Å². The van der Waals surface area contributed by atoms with Gasteiger partial charge in [-0.3, -0.25) is 19.8 Å². The zero-order valence-corrected chi connectivity index (χ0v) is 17.1. The molecule has 1 heterocycles. The number of ether oxygens (including phenoxy) is 1. The Kier molecular flexibility index (Phi) is 8.50. The lowest BCUT2D eigenvalue weighted by atomic mass is 10.1. The van der Waals surface area contributed by atoms with E-state index in [-0.39, 0.29) is 31.0 Å². The molecule has 31 heavy (non-hydrogen) atoms. The van der Waals surface area contributed by atoms with Crippen molar-refractivity contribution in [2.24, 2.45) is 5.73 Å². The van der Waals surface area contributed by atoms with Gasteiger partial charge in [0, 0.05) is 36.4 Å². The van der Waals surface area contributed by atoms with E-state index < -0.39 is 17.9 Å². The summed E-state index contributed by atoms with van der Waals surface area (Å²) in [5.74, 6) is -1.58. The summed E-state index contributed by atoms with van der Waals surface area (Å²) in [5, 5.41) is 21.8. The van der Waals surface area contributed by atoms with Gasteiger partial charge in [0.15, 0.2) is 0 Å². The molecule has 10 nitrogen and oxygen atoms in total. The molecule has 1 aromatic carbocycles. The summed E-state index contributed by atoms with van der Waals surface area (Å²) < 4.78 is 5.26. The Bertz CT molecular complexity index is 928. The maximum Gasteiger partial charge on any atom is 0.305 e. The largest absolute Gasteiger partial charge is 0.481 e. The average Bonchev–Trinajstić information content (AvgIpc) is 2.73. The van der Waals surface area contributed by atoms with Crippen LogP contribution in [0.15, 0.2) is 42.6 Å². The minimum Gasteiger partial charge on any atom is -0.481 e. The van der Waals surface area contributed by atoms with Crippen LogP contribution >= 0.6 is 0 Å². The number of amidine groups is 1. The molecular formula is C21H25N5O5. The van der Waals surface area contributed by atoms with Gasteiger partial charge in [-0.2, -0.15) is 0 Å². The summed E-state index contributed by atoms with van der Waals surface area (Å²) in [6.07, 6.45) is 0.936. The number of anilines is 1. The van der Waals surface area contributed by atoms with Crippen LogP contribution in [-0.2, 0) is 14.4 Å². The van der Waals surface area contributed by atoms with E-state index in [0.717, 1.165) is 0 Å². The number of hydrogen-bond donors (Lipinski definition) is 5. The predicted molar refractivity (Wildman–Crippen MR) is 114 cm³/mol. The first-order valence-electron chi connectivity index (χ1n) is 9.62. The zero-order valence-electron chi connectivity index (χ0n) is 17.1. The van der Waals surface area contributed by atoms with Gasteiger partial charge in [0.25, 0.3) is 0 Å². The van der Waals surface area contributed by atoms with Crippen LogP contribution in [0.5, 0.6) is 5.88 Å². The minimum atomic E-state index is -1.08. The first-order chi connectivity index (χ1) is 14.8. The second-order valence-corrected chi connectivity index (χ2v) is 6.62. The number of nitrogen functional groups attached to an aromatic ring is 1. The van der Waals surface area contributed by atoms with Crippen LogP contribution in [0.2, 0.25) is 0 Å². The molecule has 10 heteroatoms. The molecule has 0 bridgehead atoms. The van der Waals surface area contributed by atoms with E-state index in [9.17, 15) is 14.4 Å². The topological polar surface area (TPSA) is 167 Å². The molecule has 0 radical (unpaired) electrons. The molecule has 1 unspecified atom stereocenters. The van der Waals surface area contributed by atoms with E-state index in [1.807, 2.05) is 6.92 Å². The van der Waals surface area contributed by atoms with Crippen LogP contribution in [0.25, 0.3) is 0 Å². The zero-order chi connectivity index (χ0) is 22.8. The number of nitrogens with two attached hydrogens (primary N) is 1. The van der Waals surface area contributed by atoms with Crippen molar-refractivity contribution in [3.8, 4) is 5.88 Å². The van der Waals surface area contributed by atoms with Crippen LogP contribution in [-0.4, -0.2) is 40.3 Å². The molecule has 0 aliphatic rings. The summed E-state index contributed by atoms with van der Waals surface area (Å²) in [5.41, 5.74) is 6.95. The van der Waals surface area contributed by atoms with Crippen molar-refractivity contribution >= 4 is 29.3 Å². The van der Waals surface area contributed by atoms with Crippen LogP contribution in [0.3, 0.4) is 0 Å². The number of benzene rings is 1. The van der Waals surface area contributed by atoms with Gasteiger partial charge in [-0.1, -0.05) is 6.07 Å². The van der Waals surface area contributed by atoms with E-state index in [1.54, 1.807) is 36.4 Å². The molecule has 1 atom stereocenters. The van der Waals surface area contributed by atoms with Crippen molar-refractivity contribution in [1.29, 1.82) is 5.41 Å². The van der Waals surface area contributed by atoms with Gasteiger partial charge in [0.05, 0.1) is 19.1 Å². The van der Waals surface area contributed by atoms with Gasteiger partial charge >= 0.3 is 5.97 Å². The lowest BCUT2D eigenvalue weighted by molar-refractivity contribution is -0.138. The smallest absolute Gasteiger partial charge is 0.305 e. The Hall–Kier alpha value is -3.95. The highest BCUT2D eigenvalue weighted by Crippen LogP contribution is 2.19. The normalized spacial score (nSPS) is 11.3. The minimum absolute atomic E-state index is 0.0757. The number of amides is 2. The number of nitrogens with zero attached hydrogens (tertiary/aromatic N) is 1. The quantitative estimate of drug-likeness (QED) is 0.269. The third-order valence-electron chi connectivity index (χ3n) is 4.23. The number of carboxylic acids is 1. The summed E-state index contributed by atoms with van der Waals surface area (Å²) in [6, 6.07) is 8.88. The molecule has 164 valence electrons. The van der Waals surface area contributed by atoms with Crippen LogP contribution in [0.1, 0.15) is 43.4 Å². The molecule has 2 rings (SSSR count). The van der Waals surface area contributed by atoms with E-state index in [0.29, 0.717) is 29.3 Å². The van der Waals surface area contributed by atoms with E-state index in [2.05, 4.69) is 15.6 Å². The molecule has 2 aromatic rings. The molecule has 0 saturated heterocycles. The van der Waals surface area contributed by atoms with Crippen LogP contribution < -0.4 is 21.1 Å². The molecule has 0 fully saturated rings. The Morgan fingerprint density at radius 3 is 2.35 bits per heavy atom. The van der Waals surface area contributed by atoms with E-state index in [4.69, 9.17) is 21.0 Å². The SMILES string of the molecule is CCOc1ccc(C(CC(=O)O)NC(=O)CCC(=O)Nc2ccc(C(=N)N)cc2)cn1. The number of carbonyl (C=O) groups excluding carboxylic acids is 2. The number of aliphatic carboxylic acids is 1. The molecule has 6 N–H and O–H groups in total. The second-order valence-electron chi connectivity index (χ2n) is 6.62.